The molecule has 1 rings (SSSR count). The van der Waals surface area contributed by atoms with Crippen molar-refractivity contribution in [2.45, 2.75) is 69.6 Å². The first-order valence-electron chi connectivity index (χ1n) is 10.9. The molecule has 4 amide bonds. The highest BCUT2D eigenvalue weighted by molar-refractivity contribution is 5.94. The van der Waals surface area contributed by atoms with E-state index in [0.29, 0.717) is 31.5 Å². The maximum atomic E-state index is 13.0. The molecule has 0 aromatic carbocycles. The van der Waals surface area contributed by atoms with E-state index in [1.165, 1.54) is 19.4 Å². The predicted molar refractivity (Wildman–Crippen MR) is 121 cm³/mol. The number of aromatic amines is 1. The van der Waals surface area contributed by atoms with Gasteiger partial charge in [0.2, 0.25) is 23.6 Å². The van der Waals surface area contributed by atoms with Crippen LogP contribution in [0, 0.1) is 0 Å². The minimum absolute atomic E-state index is 0.0288. The topological polar surface area (TPSA) is 248 Å². The standard InChI is InChI=1S/C20H34N8O6/c1-11(20(33)34)26-19(32)15(8-12-9-24-10-25-12)28-18(31)14(5-6-16(23)29)27-17(30)13(22)4-2-3-7-21/h9-11,13-15H,2-8,21-22H2,1H3,(H2,23,29)(H,24,25)(H,26,32)(H,27,30)(H,28,31)(H,33,34). The third-order valence-corrected chi connectivity index (χ3v) is 4.96. The van der Waals surface area contributed by atoms with Gasteiger partial charge in [0.25, 0.3) is 0 Å². The van der Waals surface area contributed by atoms with Crippen LogP contribution in [0.3, 0.4) is 0 Å². The van der Waals surface area contributed by atoms with Crippen molar-refractivity contribution >= 4 is 29.6 Å². The zero-order valence-electron chi connectivity index (χ0n) is 19.1. The Labute approximate surface area is 196 Å². The summed E-state index contributed by atoms with van der Waals surface area (Å²) >= 11 is 0. The highest BCUT2D eigenvalue weighted by Crippen LogP contribution is 2.05. The SMILES string of the molecule is CC(NC(=O)C(Cc1cnc[nH]1)NC(=O)C(CCC(N)=O)NC(=O)C(N)CCCCN)C(=O)O. The molecule has 0 aliphatic rings. The molecule has 14 heteroatoms. The fourth-order valence-corrected chi connectivity index (χ4v) is 2.95. The first-order chi connectivity index (χ1) is 16.0. The Morgan fingerprint density at radius 2 is 1.68 bits per heavy atom. The molecule has 1 aromatic rings. The number of nitrogens with zero attached hydrogens (tertiary/aromatic N) is 1. The zero-order chi connectivity index (χ0) is 25.7. The summed E-state index contributed by atoms with van der Waals surface area (Å²) in [7, 11) is 0. The number of aromatic nitrogens is 2. The van der Waals surface area contributed by atoms with Crippen LogP contribution in [-0.4, -0.2) is 75.4 Å². The third-order valence-electron chi connectivity index (χ3n) is 4.96. The highest BCUT2D eigenvalue weighted by atomic mass is 16.4. The Bertz CT molecular complexity index is 831. The van der Waals surface area contributed by atoms with Crippen LogP contribution >= 0.6 is 0 Å². The van der Waals surface area contributed by atoms with Gasteiger partial charge in [-0.2, -0.15) is 0 Å². The van der Waals surface area contributed by atoms with Gasteiger partial charge in [-0.25, -0.2) is 4.98 Å². The summed E-state index contributed by atoms with van der Waals surface area (Å²) in [5.41, 5.74) is 17.0. The summed E-state index contributed by atoms with van der Waals surface area (Å²) in [6, 6.07) is -4.49. The van der Waals surface area contributed by atoms with Gasteiger partial charge in [-0.05, 0) is 32.7 Å². The van der Waals surface area contributed by atoms with Crippen LogP contribution in [0.1, 0.15) is 44.7 Å². The fraction of sp³-hybridized carbons (Fsp3) is 0.600. The normalized spacial score (nSPS) is 14.3. The lowest BCUT2D eigenvalue weighted by molar-refractivity contribution is -0.141. The maximum absolute atomic E-state index is 13.0. The van der Waals surface area contributed by atoms with E-state index in [1.807, 2.05) is 0 Å². The zero-order valence-corrected chi connectivity index (χ0v) is 19.1. The Morgan fingerprint density at radius 3 is 2.24 bits per heavy atom. The summed E-state index contributed by atoms with van der Waals surface area (Å²) < 4.78 is 0. The third kappa shape index (κ3) is 10.4. The van der Waals surface area contributed by atoms with Crippen molar-refractivity contribution in [1.82, 2.24) is 25.9 Å². The van der Waals surface area contributed by atoms with Gasteiger partial charge in [-0.3, -0.25) is 24.0 Å². The number of primary amides is 1. The molecule has 0 saturated carbocycles. The molecule has 0 aliphatic carbocycles. The Balaban J connectivity index is 2.96. The molecule has 4 atom stereocenters. The number of carboxylic acids is 1. The number of H-pyrrole nitrogens is 1. The summed E-state index contributed by atoms with van der Waals surface area (Å²) in [5.74, 6) is -4.05. The molecule has 0 spiro atoms. The van der Waals surface area contributed by atoms with Gasteiger partial charge in [-0.1, -0.05) is 6.42 Å². The van der Waals surface area contributed by atoms with Crippen LogP contribution in [0.15, 0.2) is 12.5 Å². The smallest absolute Gasteiger partial charge is 0.325 e. The minimum Gasteiger partial charge on any atom is -0.480 e. The van der Waals surface area contributed by atoms with Gasteiger partial charge in [0, 0.05) is 24.7 Å². The van der Waals surface area contributed by atoms with Gasteiger partial charge in [0.15, 0.2) is 0 Å². The van der Waals surface area contributed by atoms with Crippen molar-refractivity contribution in [3.8, 4) is 0 Å². The van der Waals surface area contributed by atoms with Crippen LogP contribution in [0.4, 0.5) is 0 Å². The van der Waals surface area contributed by atoms with Crippen LogP contribution in [-0.2, 0) is 30.4 Å². The summed E-state index contributed by atoms with van der Waals surface area (Å²) in [5, 5.41) is 16.4. The predicted octanol–water partition coefficient (Wildman–Crippen LogP) is -2.77. The number of nitrogens with one attached hydrogen (secondary N) is 4. The fourth-order valence-electron chi connectivity index (χ4n) is 2.95. The summed E-state index contributed by atoms with van der Waals surface area (Å²) in [6.07, 6.45) is 4.14. The number of aliphatic carboxylic acids is 1. The second-order valence-corrected chi connectivity index (χ2v) is 7.87. The number of carboxylic acid groups (broad SMARTS) is 1. The molecule has 190 valence electrons. The van der Waals surface area contributed by atoms with Gasteiger partial charge < -0.3 is 43.2 Å². The van der Waals surface area contributed by atoms with E-state index in [2.05, 4.69) is 25.9 Å². The number of carbonyl (C=O) groups excluding carboxylic acids is 4. The van der Waals surface area contributed by atoms with E-state index >= 15 is 0 Å². The lowest BCUT2D eigenvalue weighted by Crippen LogP contribution is -2.57. The molecule has 14 nitrogen and oxygen atoms in total. The lowest BCUT2D eigenvalue weighted by Gasteiger charge is -2.24. The lowest BCUT2D eigenvalue weighted by atomic mass is 10.1. The van der Waals surface area contributed by atoms with Crippen molar-refractivity contribution in [3.05, 3.63) is 18.2 Å². The van der Waals surface area contributed by atoms with Crippen LogP contribution in [0.25, 0.3) is 0 Å². The number of unbranched alkanes of at least 4 members (excludes halogenated alkanes) is 1. The van der Waals surface area contributed by atoms with Crippen LogP contribution in [0.2, 0.25) is 0 Å². The Morgan fingerprint density at radius 1 is 1.03 bits per heavy atom. The number of carbonyl (C=O) groups is 5. The maximum Gasteiger partial charge on any atom is 0.325 e. The van der Waals surface area contributed by atoms with Crippen molar-refractivity contribution < 1.29 is 29.1 Å². The molecule has 1 aromatic heterocycles. The first kappa shape index (κ1) is 28.5. The average Bonchev–Trinajstić information content (AvgIpc) is 3.28. The molecule has 11 N–H and O–H groups in total. The number of imidazole rings is 1. The molecule has 1 heterocycles. The van der Waals surface area contributed by atoms with Crippen molar-refractivity contribution in [2.75, 3.05) is 6.54 Å². The van der Waals surface area contributed by atoms with Crippen molar-refractivity contribution in [2.24, 2.45) is 17.2 Å². The summed E-state index contributed by atoms with van der Waals surface area (Å²) in [6.45, 7) is 1.73. The minimum atomic E-state index is -1.25. The first-order valence-corrected chi connectivity index (χ1v) is 10.9. The van der Waals surface area contributed by atoms with Gasteiger partial charge in [0.05, 0.1) is 12.4 Å². The number of rotatable bonds is 16. The number of amides is 4. The van der Waals surface area contributed by atoms with Crippen LogP contribution < -0.4 is 33.2 Å². The quantitative estimate of drug-likeness (QED) is 0.113. The monoisotopic (exact) mass is 482 g/mol. The molecule has 0 radical (unpaired) electrons. The molecule has 0 saturated heterocycles. The molecule has 4 unspecified atom stereocenters. The molecular weight excluding hydrogens is 448 g/mol. The van der Waals surface area contributed by atoms with Crippen LogP contribution in [0.5, 0.6) is 0 Å². The van der Waals surface area contributed by atoms with E-state index in [1.54, 1.807) is 0 Å². The van der Waals surface area contributed by atoms with E-state index in [-0.39, 0.29) is 19.3 Å². The Hall–Kier alpha value is -3.52. The van der Waals surface area contributed by atoms with Gasteiger partial charge in [-0.15, -0.1) is 0 Å². The Kier molecular flexibility index (Phi) is 12.2. The van der Waals surface area contributed by atoms with E-state index in [9.17, 15) is 24.0 Å². The van der Waals surface area contributed by atoms with Gasteiger partial charge >= 0.3 is 5.97 Å². The number of hydrogen-bond donors (Lipinski definition) is 8. The number of nitrogens with two attached hydrogens (primary N) is 3. The molecule has 0 aliphatic heterocycles. The second kappa shape index (κ2) is 14.6. The molecular formula is C20H34N8O6. The molecule has 0 bridgehead atoms. The largest absolute Gasteiger partial charge is 0.480 e. The highest BCUT2D eigenvalue weighted by Gasteiger charge is 2.30. The van der Waals surface area contributed by atoms with E-state index in [4.69, 9.17) is 22.3 Å². The van der Waals surface area contributed by atoms with Crippen molar-refractivity contribution in [3.63, 3.8) is 0 Å². The molecule has 34 heavy (non-hydrogen) atoms. The van der Waals surface area contributed by atoms with Crippen molar-refractivity contribution in [1.29, 1.82) is 0 Å². The second-order valence-electron chi connectivity index (χ2n) is 7.87. The average molecular weight is 483 g/mol. The number of hydrogen-bond acceptors (Lipinski definition) is 8. The van der Waals surface area contributed by atoms with E-state index in [0.717, 1.165) is 0 Å². The summed E-state index contributed by atoms with van der Waals surface area (Å²) in [4.78, 5) is 67.1. The van der Waals surface area contributed by atoms with E-state index < -0.39 is 53.8 Å². The van der Waals surface area contributed by atoms with Gasteiger partial charge in [0.1, 0.15) is 18.1 Å². The molecule has 0 fully saturated rings.